The Bertz CT molecular complexity index is 926. The molecule has 132 valence electrons. The Hall–Kier alpha value is -2.62. The SMILES string of the molecule is CCCS(=N)(=O)c1nc(N)c2c(n1)N(Cc1cnc(C)nc1)C(=O)C2. The Labute approximate surface area is 145 Å². The smallest absolute Gasteiger partial charge is 0.233 e. The van der Waals surface area contributed by atoms with Gasteiger partial charge in [0.1, 0.15) is 27.2 Å². The fourth-order valence-electron chi connectivity index (χ4n) is 2.60. The van der Waals surface area contributed by atoms with E-state index in [9.17, 15) is 9.00 Å². The van der Waals surface area contributed by atoms with Crippen LogP contribution < -0.4 is 10.6 Å². The summed E-state index contributed by atoms with van der Waals surface area (Å²) in [5.41, 5.74) is 7.19. The van der Waals surface area contributed by atoms with Gasteiger partial charge in [-0.3, -0.25) is 9.69 Å². The van der Waals surface area contributed by atoms with Crippen LogP contribution in [0, 0.1) is 11.7 Å². The van der Waals surface area contributed by atoms with Crippen molar-refractivity contribution in [3.63, 3.8) is 0 Å². The van der Waals surface area contributed by atoms with Crippen LogP contribution in [0.3, 0.4) is 0 Å². The normalized spacial score (nSPS) is 15.9. The molecule has 0 aromatic carbocycles. The summed E-state index contributed by atoms with van der Waals surface area (Å²) in [6, 6.07) is 0. The monoisotopic (exact) mass is 361 g/mol. The third-order valence-electron chi connectivity index (χ3n) is 3.84. The van der Waals surface area contributed by atoms with Crippen LogP contribution in [0.25, 0.3) is 0 Å². The van der Waals surface area contributed by atoms with Gasteiger partial charge in [-0.2, -0.15) is 0 Å². The lowest BCUT2D eigenvalue weighted by Gasteiger charge is -2.17. The Morgan fingerprint density at radius 2 is 2.00 bits per heavy atom. The van der Waals surface area contributed by atoms with E-state index in [-0.39, 0.29) is 35.6 Å². The molecule has 1 unspecified atom stereocenters. The largest absolute Gasteiger partial charge is 0.383 e. The molecule has 1 atom stereocenters. The number of amides is 1. The first-order valence-electron chi connectivity index (χ1n) is 7.82. The molecular weight excluding hydrogens is 342 g/mol. The molecule has 0 spiro atoms. The molecule has 1 aliphatic rings. The molecule has 0 bridgehead atoms. The Kier molecular flexibility index (Phi) is 4.38. The third-order valence-corrected chi connectivity index (χ3v) is 5.60. The van der Waals surface area contributed by atoms with Gasteiger partial charge in [0.05, 0.1) is 13.0 Å². The zero-order valence-electron chi connectivity index (χ0n) is 14.0. The van der Waals surface area contributed by atoms with E-state index in [0.29, 0.717) is 23.6 Å². The number of aromatic nitrogens is 4. The number of hydrogen-bond donors (Lipinski definition) is 2. The molecular formula is C15H19N7O2S. The maximum absolute atomic E-state index is 12.5. The summed E-state index contributed by atoms with van der Waals surface area (Å²) in [5.74, 6) is 1.03. The summed E-state index contributed by atoms with van der Waals surface area (Å²) < 4.78 is 20.5. The van der Waals surface area contributed by atoms with E-state index >= 15 is 0 Å². The number of fused-ring (bicyclic) bond motifs is 1. The molecule has 2 aromatic heterocycles. The quantitative estimate of drug-likeness (QED) is 0.759. The van der Waals surface area contributed by atoms with Crippen LogP contribution in [0.5, 0.6) is 0 Å². The number of aryl methyl sites for hydroxylation is 1. The van der Waals surface area contributed by atoms with Gasteiger partial charge in [-0.15, -0.1) is 0 Å². The number of carbonyl (C=O) groups is 1. The second-order valence-corrected chi connectivity index (χ2v) is 7.99. The van der Waals surface area contributed by atoms with E-state index in [1.807, 2.05) is 6.92 Å². The number of nitrogens with two attached hydrogens (primary N) is 1. The first kappa shape index (κ1) is 17.2. The molecule has 0 radical (unpaired) electrons. The average molecular weight is 361 g/mol. The van der Waals surface area contributed by atoms with Crippen molar-refractivity contribution in [1.29, 1.82) is 4.78 Å². The van der Waals surface area contributed by atoms with Crippen molar-refractivity contribution in [2.75, 3.05) is 16.4 Å². The lowest BCUT2D eigenvalue weighted by Crippen LogP contribution is -2.27. The van der Waals surface area contributed by atoms with Gasteiger partial charge in [0.25, 0.3) is 0 Å². The predicted octanol–water partition coefficient (Wildman–Crippen LogP) is 1.06. The van der Waals surface area contributed by atoms with Gasteiger partial charge in [-0.05, 0) is 13.3 Å². The highest BCUT2D eigenvalue weighted by atomic mass is 32.2. The van der Waals surface area contributed by atoms with Gasteiger partial charge in [-0.25, -0.2) is 28.9 Å². The van der Waals surface area contributed by atoms with Crippen molar-refractivity contribution in [3.05, 3.63) is 29.3 Å². The molecule has 0 aliphatic carbocycles. The second-order valence-electron chi connectivity index (χ2n) is 5.87. The predicted molar refractivity (Wildman–Crippen MR) is 92.4 cm³/mol. The number of hydrogen-bond acceptors (Lipinski definition) is 8. The fraction of sp³-hybridized carbons (Fsp3) is 0.400. The lowest BCUT2D eigenvalue weighted by molar-refractivity contribution is -0.117. The molecule has 0 saturated heterocycles. The summed E-state index contributed by atoms with van der Waals surface area (Å²) in [6.07, 6.45) is 3.93. The molecule has 9 nitrogen and oxygen atoms in total. The molecule has 0 saturated carbocycles. The van der Waals surface area contributed by atoms with E-state index in [1.54, 1.807) is 19.3 Å². The van der Waals surface area contributed by atoms with E-state index in [4.69, 9.17) is 10.5 Å². The number of anilines is 2. The van der Waals surface area contributed by atoms with Crippen molar-refractivity contribution >= 4 is 27.3 Å². The van der Waals surface area contributed by atoms with Crippen molar-refractivity contribution < 1.29 is 9.00 Å². The highest BCUT2D eigenvalue weighted by Gasteiger charge is 2.33. The zero-order chi connectivity index (χ0) is 18.2. The lowest BCUT2D eigenvalue weighted by atomic mass is 10.2. The maximum atomic E-state index is 12.5. The Morgan fingerprint density at radius 3 is 2.64 bits per heavy atom. The summed E-state index contributed by atoms with van der Waals surface area (Å²) in [4.78, 5) is 30.4. The Morgan fingerprint density at radius 1 is 1.32 bits per heavy atom. The molecule has 3 heterocycles. The van der Waals surface area contributed by atoms with Crippen molar-refractivity contribution in [3.8, 4) is 0 Å². The minimum atomic E-state index is -3.14. The minimum absolute atomic E-state index is 0.0845. The Balaban J connectivity index is 2.01. The van der Waals surface area contributed by atoms with Crippen molar-refractivity contribution in [1.82, 2.24) is 19.9 Å². The number of carbonyl (C=O) groups excluding carboxylic acids is 1. The van der Waals surface area contributed by atoms with Crippen LogP contribution in [0.2, 0.25) is 0 Å². The van der Waals surface area contributed by atoms with Gasteiger partial charge in [0.15, 0.2) is 0 Å². The second kappa shape index (κ2) is 6.36. The molecule has 10 heteroatoms. The minimum Gasteiger partial charge on any atom is -0.383 e. The van der Waals surface area contributed by atoms with Gasteiger partial charge in [-0.1, -0.05) is 6.92 Å². The van der Waals surface area contributed by atoms with Crippen molar-refractivity contribution in [2.24, 2.45) is 0 Å². The van der Waals surface area contributed by atoms with Crippen LogP contribution in [-0.4, -0.2) is 35.8 Å². The number of nitrogens with zero attached hydrogens (tertiary/aromatic N) is 5. The van der Waals surface area contributed by atoms with E-state index < -0.39 is 9.73 Å². The molecule has 3 N–H and O–H groups in total. The van der Waals surface area contributed by atoms with Gasteiger partial charge < -0.3 is 5.73 Å². The molecule has 1 aliphatic heterocycles. The topological polar surface area (TPSA) is 139 Å². The maximum Gasteiger partial charge on any atom is 0.233 e. The van der Waals surface area contributed by atoms with Gasteiger partial charge in [0, 0.05) is 29.3 Å². The summed E-state index contributed by atoms with van der Waals surface area (Å²) in [5, 5.41) is -0.120. The van der Waals surface area contributed by atoms with Crippen LogP contribution in [0.15, 0.2) is 17.6 Å². The number of nitrogens with one attached hydrogen (secondary N) is 1. The van der Waals surface area contributed by atoms with Crippen LogP contribution in [-0.2, 0) is 27.5 Å². The standard InChI is InChI=1S/C15H19N7O2S/c1-3-4-25(17,24)15-20-13(16)11-5-12(23)22(14(11)21-15)8-10-6-18-9(2)19-7-10/h6-7,17H,3-5,8H2,1-2H3,(H2,16,20,21). The molecule has 3 rings (SSSR count). The molecule has 0 fully saturated rings. The fourth-order valence-corrected chi connectivity index (χ4v) is 3.84. The highest BCUT2D eigenvalue weighted by molar-refractivity contribution is 7.92. The molecule has 2 aromatic rings. The highest BCUT2D eigenvalue weighted by Crippen LogP contribution is 2.32. The first-order chi connectivity index (χ1) is 11.8. The average Bonchev–Trinajstić information content (AvgIpc) is 2.86. The summed E-state index contributed by atoms with van der Waals surface area (Å²) in [7, 11) is -3.14. The van der Waals surface area contributed by atoms with Crippen molar-refractivity contribution in [2.45, 2.75) is 38.4 Å². The first-order valence-corrected chi connectivity index (χ1v) is 9.55. The van der Waals surface area contributed by atoms with Crippen LogP contribution in [0.1, 0.15) is 30.3 Å². The van der Waals surface area contributed by atoms with E-state index in [2.05, 4.69) is 19.9 Å². The van der Waals surface area contributed by atoms with E-state index in [0.717, 1.165) is 5.56 Å². The summed E-state index contributed by atoms with van der Waals surface area (Å²) in [6.45, 7) is 3.84. The number of nitrogen functional groups attached to an aromatic ring is 1. The molecule has 1 amide bonds. The zero-order valence-corrected chi connectivity index (χ0v) is 14.8. The number of rotatable bonds is 5. The van der Waals surface area contributed by atoms with Gasteiger partial charge >= 0.3 is 0 Å². The van der Waals surface area contributed by atoms with Gasteiger partial charge in [0.2, 0.25) is 11.1 Å². The molecule has 25 heavy (non-hydrogen) atoms. The summed E-state index contributed by atoms with van der Waals surface area (Å²) >= 11 is 0. The van der Waals surface area contributed by atoms with Crippen LogP contribution in [0.4, 0.5) is 11.6 Å². The van der Waals surface area contributed by atoms with Crippen LogP contribution >= 0.6 is 0 Å². The third kappa shape index (κ3) is 3.29. The van der Waals surface area contributed by atoms with E-state index in [1.165, 1.54) is 4.90 Å².